The molecular weight excluding hydrogens is 390 g/mol. The Balaban J connectivity index is 2.40. The Hall–Kier alpha value is -1.97. The average molecular weight is 402 g/mol. The maximum Gasteiger partial charge on any atom is 0.311 e. The SMILES string of the molecule is CCNc1ccc([N+](=O)[O-])c(Nc2ccc(F)cc2I)n1. The summed E-state index contributed by atoms with van der Waals surface area (Å²) in [5, 5.41) is 16.9. The van der Waals surface area contributed by atoms with Crippen LogP contribution >= 0.6 is 22.6 Å². The van der Waals surface area contributed by atoms with E-state index in [1.807, 2.05) is 29.5 Å². The topological polar surface area (TPSA) is 80.1 Å². The molecule has 0 unspecified atom stereocenters. The van der Waals surface area contributed by atoms with Gasteiger partial charge in [-0.15, -0.1) is 0 Å². The largest absolute Gasteiger partial charge is 0.370 e. The molecule has 1 aromatic heterocycles. The van der Waals surface area contributed by atoms with Crippen LogP contribution in [0, 0.1) is 19.5 Å². The summed E-state index contributed by atoms with van der Waals surface area (Å²) < 4.78 is 13.7. The van der Waals surface area contributed by atoms with Crippen molar-refractivity contribution in [1.82, 2.24) is 4.98 Å². The van der Waals surface area contributed by atoms with Crippen molar-refractivity contribution >= 4 is 45.6 Å². The van der Waals surface area contributed by atoms with Crippen LogP contribution in [-0.4, -0.2) is 16.5 Å². The fourth-order valence-electron chi connectivity index (χ4n) is 1.69. The second-order valence-corrected chi connectivity index (χ2v) is 5.26. The minimum absolute atomic E-state index is 0.114. The van der Waals surface area contributed by atoms with Crippen LogP contribution in [0.15, 0.2) is 30.3 Å². The number of anilines is 3. The molecule has 0 aliphatic heterocycles. The minimum Gasteiger partial charge on any atom is -0.370 e. The molecule has 0 saturated carbocycles. The molecule has 6 nitrogen and oxygen atoms in total. The van der Waals surface area contributed by atoms with E-state index in [4.69, 9.17) is 0 Å². The summed E-state index contributed by atoms with van der Waals surface area (Å²) in [6.45, 7) is 2.55. The van der Waals surface area contributed by atoms with Crippen molar-refractivity contribution in [3.05, 3.63) is 49.8 Å². The van der Waals surface area contributed by atoms with E-state index in [0.29, 0.717) is 21.6 Å². The summed E-state index contributed by atoms with van der Waals surface area (Å²) in [4.78, 5) is 14.7. The second-order valence-electron chi connectivity index (χ2n) is 4.10. The Bertz CT molecular complexity index is 681. The van der Waals surface area contributed by atoms with Gasteiger partial charge in [0.15, 0.2) is 0 Å². The molecule has 0 aliphatic carbocycles. The third-order valence-electron chi connectivity index (χ3n) is 2.61. The van der Waals surface area contributed by atoms with Gasteiger partial charge in [0, 0.05) is 16.2 Å². The lowest BCUT2D eigenvalue weighted by Gasteiger charge is -2.10. The van der Waals surface area contributed by atoms with Crippen molar-refractivity contribution in [3.8, 4) is 0 Å². The van der Waals surface area contributed by atoms with Gasteiger partial charge in [-0.05, 0) is 53.8 Å². The molecule has 1 heterocycles. The zero-order valence-corrected chi connectivity index (χ0v) is 13.2. The summed E-state index contributed by atoms with van der Waals surface area (Å²) in [6.07, 6.45) is 0. The molecule has 0 atom stereocenters. The van der Waals surface area contributed by atoms with Gasteiger partial charge in [0.25, 0.3) is 0 Å². The van der Waals surface area contributed by atoms with Crippen LogP contribution in [0.4, 0.5) is 27.4 Å². The van der Waals surface area contributed by atoms with Crippen LogP contribution in [0.2, 0.25) is 0 Å². The molecule has 0 bridgehead atoms. The Labute approximate surface area is 134 Å². The summed E-state index contributed by atoms with van der Waals surface area (Å²) in [5.74, 6) is 0.277. The van der Waals surface area contributed by atoms with Gasteiger partial charge in [0.2, 0.25) is 5.82 Å². The van der Waals surface area contributed by atoms with E-state index in [-0.39, 0.29) is 17.3 Å². The number of benzene rings is 1. The van der Waals surface area contributed by atoms with Crippen LogP contribution in [0.25, 0.3) is 0 Å². The lowest BCUT2D eigenvalue weighted by Crippen LogP contribution is -2.05. The van der Waals surface area contributed by atoms with E-state index in [9.17, 15) is 14.5 Å². The molecule has 21 heavy (non-hydrogen) atoms. The fraction of sp³-hybridized carbons (Fsp3) is 0.154. The quantitative estimate of drug-likeness (QED) is 0.451. The highest BCUT2D eigenvalue weighted by Gasteiger charge is 2.17. The Morgan fingerprint density at radius 1 is 1.38 bits per heavy atom. The molecule has 1 aromatic carbocycles. The highest BCUT2D eigenvalue weighted by atomic mass is 127. The molecule has 0 aliphatic rings. The number of halogens is 2. The van der Waals surface area contributed by atoms with Gasteiger partial charge in [-0.2, -0.15) is 0 Å². The minimum atomic E-state index is -0.512. The molecule has 0 amide bonds. The number of nitro groups is 1. The lowest BCUT2D eigenvalue weighted by atomic mass is 10.3. The highest BCUT2D eigenvalue weighted by molar-refractivity contribution is 14.1. The van der Waals surface area contributed by atoms with Crippen molar-refractivity contribution in [1.29, 1.82) is 0 Å². The van der Waals surface area contributed by atoms with Crippen LogP contribution in [0.1, 0.15) is 6.92 Å². The standard InChI is InChI=1S/C13H12FIN4O2/c1-2-16-12-6-5-11(19(20)21)13(18-12)17-10-4-3-8(14)7-9(10)15/h3-7H,2H2,1H3,(H2,16,17,18). The van der Waals surface area contributed by atoms with E-state index >= 15 is 0 Å². The summed E-state index contributed by atoms with van der Waals surface area (Å²) in [6, 6.07) is 7.06. The molecule has 2 rings (SSSR count). The van der Waals surface area contributed by atoms with Gasteiger partial charge in [-0.1, -0.05) is 0 Å². The van der Waals surface area contributed by atoms with Gasteiger partial charge in [-0.3, -0.25) is 10.1 Å². The molecule has 2 aromatic rings. The predicted octanol–water partition coefficient (Wildman–Crippen LogP) is 3.91. The number of aromatic nitrogens is 1. The maximum absolute atomic E-state index is 13.1. The first-order valence-corrected chi connectivity index (χ1v) is 7.20. The first-order chi connectivity index (χ1) is 10.0. The first kappa shape index (κ1) is 15.4. The van der Waals surface area contributed by atoms with Crippen LogP contribution in [0.5, 0.6) is 0 Å². The molecule has 0 radical (unpaired) electrons. The monoisotopic (exact) mass is 402 g/mol. The van der Waals surface area contributed by atoms with E-state index in [1.165, 1.54) is 24.3 Å². The third kappa shape index (κ3) is 3.78. The summed E-state index contributed by atoms with van der Waals surface area (Å²) in [7, 11) is 0. The lowest BCUT2D eigenvalue weighted by molar-refractivity contribution is -0.384. The van der Waals surface area contributed by atoms with E-state index in [1.54, 1.807) is 6.07 Å². The molecule has 2 N–H and O–H groups in total. The van der Waals surface area contributed by atoms with Crippen molar-refractivity contribution < 1.29 is 9.31 Å². The smallest absolute Gasteiger partial charge is 0.311 e. The van der Waals surface area contributed by atoms with Gasteiger partial charge in [-0.25, -0.2) is 9.37 Å². The van der Waals surface area contributed by atoms with Gasteiger partial charge >= 0.3 is 5.69 Å². The Kier molecular flexibility index (Phi) is 4.89. The normalized spacial score (nSPS) is 10.2. The van der Waals surface area contributed by atoms with Gasteiger partial charge in [0.1, 0.15) is 11.6 Å². The van der Waals surface area contributed by atoms with Crippen LogP contribution < -0.4 is 10.6 Å². The molecule has 0 spiro atoms. The number of pyridine rings is 1. The second kappa shape index (κ2) is 6.66. The average Bonchev–Trinajstić information content (AvgIpc) is 2.42. The zero-order chi connectivity index (χ0) is 15.4. The van der Waals surface area contributed by atoms with Crippen molar-refractivity contribution in [3.63, 3.8) is 0 Å². The molecular formula is C13H12FIN4O2. The maximum atomic E-state index is 13.1. The molecule has 0 fully saturated rings. The number of nitrogens with one attached hydrogen (secondary N) is 2. The highest BCUT2D eigenvalue weighted by Crippen LogP contribution is 2.29. The third-order valence-corrected chi connectivity index (χ3v) is 3.51. The number of rotatable bonds is 5. The molecule has 110 valence electrons. The Morgan fingerprint density at radius 3 is 2.76 bits per heavy atom. The fourth-order valence-corrected chi connectivity index (χ4v) is 2.30. The molecule has 0 saturated heterocycles. The summed E-state index contributed by atoms with van der Waals surface area (Å²) >= 11 is 1.95. The zero-order valence-electron chi connectivity index (χ0n) is 11.1. The van der Waals surface area contributed by atoms with E-state index in [2.05, 4.69) is 15.6 Å². The Morgan fingerprint density at radius 2 is 2.14 bits per heavy atom. The molecule has 8 heteroatoms. The predicted molar refractivity (Wildman–Crippen MR) is 87.5 cm³/mol. The van der Waals surface area contributed by atoms with Crippen LogP contribution in [0.3, 0.4) is 0 Å². The van der Waals surface area contributed by atoms with E-state index < -0.39 is 4.92 Å². The van der Waals surface area contributed by atoms with Crippen molar-refractivity contribution in [2.24, 2.45) is 0 Å². The van der Waals surface area contributed by atoms with E-state index in [0.717, 1.165) is 0 Å². The van der Waals surface area contributed by atoms with Crippen molar-refractivity contribution in [2.45, 2.75) is 6.92 Å². The first-order valence-electron chi connectivity index (χ1n) is 6.12. The number of hydrogen-bond donors (Lipinski definition) is 2. The van der Waals surface area contributed by atoms with Gasteiger partial charge in [0.05, 0.1) is 10.6 Å². The number of nitrogens with zero attached hydrogens (tertiary/aromatic N) is 2. The van der Waals surface area contributed by atoms with Crippen molar-refractivity contribution in [2.75, 3.05) is 17.2 Å². The summed E-state index contributed by atoms with van der Waals surface area (Å²) in [5.41, 5.74) is 0.415. The van der Waals surface area contributed by atoms with Crippen LogP contribution in [-0.2, 0) is 0 Å². The van der Waals surface area contributed by atoms with Gasteiger partial charge < -0.3 is 10.6 Å². The number of hydrogen-bond acceptors (Lipinski definition) is 5.